The number of hydrogen-bond acceptors (Lipinski definition) is 2. The number of aromatic nitrogens is 2. The largest absolute Gasteiger partial charge is 0.325 e. The Morgan fingerprint density at radius 3 is 2.87 bits per heavy atom. The van der Waals surface area contributed by atoms with Gasteiger partial charge in [-0.1, -0.05) is 29.8 Å². The van der Waals surface area contributed by atoms with Gasteiger partial charge < -0.3 is 5.73 Å². The van der Waals surface area contributed by atoms with E-state index in [1.165, 1.54) is 11.1 Å². The molecule has 0 radical (unpaired) electrons. The quantitative estimate of drug-likeness (QED) is 0.806. The van der Waals surface area contributed by atoms with Crippen LogP contribution in [0.2, 0.25) is 0 Å². The lowest BCUT2D eigenvalue weighted by Crippen LogP contribution is -2.05. The van der Waals surface area contributed by atoms with E-state index in [9.17, 15) is 0 Å². The zero-order valence-electron chi connectivity index (χ0n) is 9.07. The molecule has 2 N–H and O–H groups in total. The topological polar surface area (TPSA) is 43.8 Å². The fraction of sp³-hybridized carbons (Fsp3) is 0.250. The first kappa shape index (κ1) is 9.93. The minimum atomic E-state index is 0.514. The van der Waals surface area contributed by atoms with E-state index in [1.54, 1.807) is 0 Å². The Kier molecular flexibility index (Phi) is 2.56. The van der Waals surface area contributed by atoms with Gasteiger partial charge in [-0.05, 0) is 12.5 Å². The summed E-state index contributed by atoms with van der Waals surface area (Å²) in [5, 5.41) is 4.23. The molecule has 3 heteroatoms. The lowest BCUT2D eigenvalue weighted by atomic mass is 10.0. The number of rotatable bonds is 2. The van der Waals surface area contributed by atoms with Crippen LogP contribution in [0.15, 0.2) is 30.5 Å². The first-order valence-electron chi connectivity index (χ1n) is 5.00. The highest BCUT2D eigenvalue weighted by Crippen LogP contribution is 2.23. The molecule has 0 bridgehead atoms. The normalized spacial score (nSPS) is 10.6. The molecule has 15 heavy (non-hydrogen) atoms. The second kappa shape index (κ2) is 3.87. The summed E-state index contributed by atoms with van der Waals surface area (Å²) in [7, 11) is 1.92. The highest BCUT2D eigenvalue weighted by Gasteiger charge is 2.08. The Morgan fingerprint density at radius 2 is 2.20 bits per heavy atom. The summed E-state index contributed by atoms with van der Waals surface area (Å²) in [5.41, 5.74) is 10.3. The number of hydrogen-bond donors (Lipinski definition) is 1. The van der Waals surface area contributed by atoms with Gasteiger partial charge in [0.1, 0.15) is 0 Å². The Balaban J connectivity index is 2.54. The third-order valence-corrected chi connectivity index (χ3v) is 2.58. The van der Waals surface area contributed by atoms with Crippen molar-refractivity contribution in [3.05, 3.63) is 41.7 Å². The monoisotopic (exact) mass is 201 g/mol. The summed E-state index contributed by atoms with van der Waals surface area (Å²) in [4.78, 5) is 0. The van der Waals surface area contributed by atoms with Crippen LogP contribution in [-0.4, -0.2) is 9.78 Å². The lowest BCUT2D eigenvalue weighted by Gasteiger charge is -2.04. The van der Waals surface area contributed by atoms with Gasteiger partial charge in [0.25, 0.3) is 0 Å². The van der Waals surface area contributed by atoms with Gasteiger partial charge >= 0.3 is 0 Å². The molecule has 1 aromatic carbocycles. The van der Waals surface area contributed by atoms with Crippen LogP contribution >= 0.6 is 0 Å². The summed E-state index contributed by atoms with van der Waals surface area (Å²) in [6, 6.07) is 8.37. The summed E-state index contributed by atoms with van der Waals surface area (Å²) >= 11 is 0. The molecule has 3 nitrogen and oxygen atoms in total. The first-order valence-corrected chi connectivity index (χ1v) is 5.00. The minimum absolute atomic E-state index is 0.514. The Labute approximate surface area is 89.5 Å². The van der Waals surface area contributed by atoms with Crippen molar-refractivity contribution in [2.24, 2.45) is 12.8 Å². The van der Waals surface area contributed by atoms with E-state index in [-0.39, 0.29) is 0 Å². The van der Waals surface area contributed by atoms with Gasteiger partial charge in [-0.15, -0.1) is 0 Å². The van der Waals surface area contributed by atoms with Crippen molar-refractivity contribution in [2.45, 2.75) is 13.5 Å². The maximum absolute atomic E-state index is 5.71. The fourth-order valence-corrected chi connectivity index (χ4v) is 1.76. The average Bonchev–Trinajstić information content (AvgIpc) is 2.59. The molecule has 2 rings (SSSR count). The van der Waals surface area contributed by atoms with Crippen LogP contribution in [0, 0.1) is 6.92 Å². The molecule has 0 spiro atoms. The lowest BCUT2D eigenvalue weighted by molar-refractivity contribution is 0.713. The SMILES string of the molecule is Cc1cccc(-c2cnn(C)c2CN)c1. The number of nitrogens with zero attached hydrogens (tertiary/aromatic N) is 2. The summed E-state index contributed by atoms with van der Waals surface area (Å²) in [6.45, 7) is 2.60. The molecular formula is C12H15N3. The third kappa shape index (κ3) is 1.78. The molecule has 0 fully saturated rings. The molecule has 0 atom stereocenters. The van der Waals surface area contributed by atoms with Crippen LogP contribution in [0.1, 0.15) is 11.3 Å². The first-order chi connectivity index (χ1) is 7.22. The van der Waals surface area contributed by atoms with Crippen molar-refractivity contribution >= 4 is 0 Å². The highest BCUT2D eigenvalue weighted by molar-refractivity contribution is 5.66. The average molecular weight is 201 g/mol. The molecule has 0 saturated carbocycles. The Morgan fingerprint density at radius 1 is 1.40 bits per heavy atom. The number of nitrogens with two attached hydrogens (primary N) is 1. The van der Waals surface area contributed by atoms with Crippen molar-refractivity contribution in [2.75, 3.05) is 0 Å². The van der Waals surface area contributed by atoms with Crippen molar-refractivity contribution < 1.29 is 0 Å². The van der Waals surface area contributed by atoms with E-state index >= 15 is 0 Å². The standard InChI is InChI=1S/C12H15N3/c1-9-4-3-5-10(6-9)11-8-14-15(2)12(11)7-13/h3-6,8H,7,13H2,1-2H3. The van der Waals surface area contributed by atoms with Gasteiger partial charge in [-0.3, -0.25) is 4.68 Å². The molecule has 0 amide bonds. The minimum Gasteiger partial charge on any atom is -0.325 e. The Hall–Kier alpha value is -1.61. The van der Waals surface area contributed by atoms with Crippen molar-refractivity contribution in [1.29, 1.82) is 0 Å². The van der Waals surface area contributed by atoms with Crippen LogP contribution < -0.4 is 5.73 Å². The van der Waals surface area contributed by atoms with Gasteiger partial charge in [-0.2, -0.15) is 5.10 Å². The van der Waals surface area contributed by atoms with Crippen LogP contribution in [0.25, 0.3) is 11.1 Å². The van der Waals surface area contributed by atoms with E-state index < -0.39 is 0 Å². The predicted molar refractivity (Wildman–Crippen MR) is 61.3 cm³/mol. The molecule has 0 saturated heterocycles. The molecule has 0 aliphatic rings. The summed E-state index contributed by atoms with van der Waals surface area (Å²) < 4.78 is 1.83. The van der Waals surface area contributed by atoms with E-state index in [2.05, 4.69) is 36.3 Å². The van der Waals surface area contributed by atoms with Crippen molar-refractivity contribution in [3.8, 4) is 11.1 Å². The smallest absolute Gasteiger partial charge is 0.0594 e. The zero-order valence-corrected chi connectivity index (χ0v) is 9.07. The van der Waals surface area contributed by atoms with Crippen LogP contribution in [-0.2, 0) is 13.6 Å². The second-order valence-electron chi connectivity index (χ2n) is 3.70. The van der Waals surface area contributed by atoms with Crippen molar-refractivity contribution in [1.82, 2.24) is 9.78 Å². The summed E-state index contributed by atoms with van der Waals surface area (Å²) in [6.07, 6.45) is 1.87. The van der Waals surface area contributed by atoms with Gasteiger partial charge in [0.05, 0.1) is 11.9 Å². The van der Waals surface area contributed by atoms with Gasteiger partial charge in [0.15, 0.2) is 0 Å². The molecule has 1 aromatic heterocycles. The van der Waals surface area contributed by atoms with E-state index in [4.69, 9.17) is 5.73 Å². The van der Waals surface area contributed by atoms with Gasteiger partial charge in [0, 0.05) is 19.2 Å². The van der Waals surface area contributed by atoms with Gasteiger partial charge in [0.2, 0.25) is 0 Å². The molecule has 1 heterocycles. The van der Waals surface area contributed by atoms with E-state index in [1.807, 2.05) is 17.9 Å². The van der Waals surface area contributed by atoms with Gasteiger partial charge in [-0.25, -0.2) is 0 Å². The molecule has 0 aliphatic heterocycles. The van der Waals surface area contributed by atoms with Crippen LogP contribution in [0.3, 0.4) is 0 Å². The zero-order chi connectivity index (χ0) is 10.8. The number of benzene rings is 1. The number of aryl methyl sites for hydroxylation is 2. The summed E-state index contributed by atoms with van der Waals surface area (Å²) in [5.74, 6) is 0. The van der Waals surface area contributed by atoms with Crippen LogP contribution in [0.4, 0.5) is 0 Å². The maximum atomic E-state index is 5.71. The maximum Gasteiger partial charge on any atom is 0.0594 e. The highest BCUT2D eigenvalue weighted by atomic mass is 15.3. The molecular weight excluding hydrogens is 186 g/mol. The molecule has 0 unspecified atom stereocenters. The Bertz CT molecular complexity index is 471. The fourth-order valence-electron chi connectivity index (χ4n) is 1.76. The second-order valence-corrected chi connectivity index (χ2v) is 3.70. The van der Waals surface area contributed by atoms with E-state index in [0.29, 0.717) is 6.54 Å². The van der Waals surface area contributed by atoms with E-state index in [0.717, 1.165) is 11.3 Å². The molecule has 2 aromatic rings. The molecule has 78 valence electrons. The predicted octanol–water partition coefficient (Wildman–Crippen LogP) is 1.85. The molecule has 0 aliphatic carbocycles. The third-order valence-electron chi connectivity index (χ3n) is 2.58. The van der Waals surface area contributed by atoms with Crippen LogP contribution in [0.5, 0.6) is 0 Å². The van der Waals surface area contributed by atoms with Crippen molar-refractivity contribution in [3.63, 3.8) is 0 Å².